The summed E-state index contributed by atoms with van der Waals surface area (Å²) in [5.74, 6) is 1.94. The number of rotatable bonds is 7. The molecule has 0 bridgehead atoms. The van der Waals surface area contributed by atoms with Crippen molar-refractivity contribution in [1.82, 2.24) is 0 Å². The molecule has 1 heterocycles. The summed E-state index contributed by atoms with van der Waals surface area (Å²) in [6.45, 7) is 7.75. The Bertz CT molecular complexity index is 399. The zero-order valence-electron chi connectivity index (χ0n) is 11.8. The van der Waals surface area contributed by atoms with E-state index in [2.05, 4.69) is 13.0 Å². The molecule has 0 radical (unpaired) electrons. The number of hydrogen-bond acceptors (Lipinski definition) is 4. The molecule has 0 aromatic heterocycles. The average molecular weight is 266 g/mol. The standard InChI is InChI=1S/C15H22O4/c1-4-16-15(17-5-2)11(3)8-12-6-7-13-14(9-12)19-10-18-13/h6-7,9,11,15H,4-5,8,10H2,1-3H3. The van der Waals surface area contributed by atoms with Gasteiger partial charge < -0.3 is 18.9 Å². The van der Waals surface area contributed by atoms with Gasteiger partial charge in [0, 0.05) is 19.1 Å². The Labute approximate surface area is 114 Å². The molecular formula is C15H22O4. The van der Waals surface area contributed by atoms with Gasteiger partial charge in [0.05, 0.1) is 0 Å². The van der Waals surface area contributed by atoms with Gasteiger partial charge in [-0.15, -0.1) is 0 Å². The maximum Gasteiger partial charge on any atom is 0.231 e. The summed E-state index contributed by atoms with van der Waals surface area (Å²) in [5, 5.41) is 0. The SMILES string of the molecule is CCOC(OCC)C(C)Cc1ccc2c(c1)OCO2. The Morgan fingerprint density at radius 1 is 1.11 bits per heavy atom. The predicted octanol–water partition coefficient (Wildman–Crippen LogP) is 2.99. The molecule has 0 saturated carbocycles. The minimum absolute atomic E-state index is 0.152. The maximum atomic E-state index is 5.63. The fraction of sp³-hybridized carbons (Fsp3) is 0.600. The van der Waals surface area contributed by atoms with Gasteiger partial charge in [0.15, 0.2) is 17.8 Å². The maximum absolute atomic E-state index is 5.63. The molecule has 4 nitrogen and oxygen atoms in total. The fourth-order valence-electron chi connectivity index (χ4n) is 2.24. The van der Waals surface area contributed by atoms with Crippen LogP contribution in [0.1, 0.15) is 26.3 Å². The normalized spacial score (nSPS) is 14.9. The zero-order chi connectivity index (χ0) is 13.7. The van der Waals surface area contributed by atoms with E-state index in [1.165, 1.54) is 5.56 Å². The molecule has 19 heavy (non-hydrogen) atoms. The highest BCUT2D eigenvalue weighted by molar-refractivity contribution is 5.44. The highest BCUT2D eigenvalue weighted by Crippen LogP contribution is 2.33. The molecule has 0 spiro atoms. The van der Waals surface area contributed by atoms with Crippen LogP contribution in [0, 0.1) is 5.92 Å². The third-order valence-electron chi connectivity index (χ3n) is 3.12. The van der Waals surface area contributed by atoms with Crippen molar-refractivity contribution in [3.63, 3.8) is 0 Å². The van der Waals surface area contributed by atoms with Crippen molar-refractivity contribution < 1.29 is 18.9 Å². The van der Waals surface area contributed by atoms with Gasteiger partial charge in [-0.05, 0) is 38.0 Å². The van der Waals surface area contributed by atoms with Crippen LogP contribution in [0.5, 0.6) is 11.5 Å². The second kappa shape index (κ2) is 6.78. The van der Waals surface area contributed by atoms with Crippen molar-refractivity contribution >= 4 is 0 Å². The first kappa shape index (κ1) is 14.2. The number of fused-ring (bicyclic) bond motifs is 1. The van der Waals surface area contributed by atoms with E-state index in [1.54, 1.807) is 0 Å². The van der Waals surface area contributed by atoms with Crippen LogP contribution in [0.4, 0.5) is 0 Å². The van der Waals surface area contributed by atoms with E-state index in [4.69, 9.17) is 18.9 Å². The summed E-state index contributed by atoms with van der Waals surface area (Å²) in [5.41, 5.74) is 1.21. The molecule has 1 aromatic rings. The van der Waals surface area contributed by atoms with Crippen molar-refractivity contribution in [1.29, 1.82) is 0 Å². The Kier molecular flexibility index (Phi) is 5.05. The van der Waals surface area contributed by atoms with Gasteiger partial charge in [0.2, 0.25) is 6.79 Å². The summed E-state index contributed by atoms with van der Waals surface area (Å²) in [6, 6.07) is 6.06. The van der Waals surface area contributed by atoms with Crippen LogP contribution in [0.15, 0.2) is 18.2 Å². The summed E-state index contributed by atoms with van der Waals surface area (Å²) >= 11 is 0. The van der Waals surface area contributed by atoms with Crippen molar-refractivity contribution in [2.45, 2.75) is 33.5 Å². The number of hydrogen-bond donors (Lipinski definition) is 0. The monoisotopic (exact) mass is 266 g/mol. The van der Waals surface area contributed by atoms with E-state index in [9.17, 15) is 0 Å². The highest BCUT2D eigenvalue weighted by Gasteiger charge is 2.20. The minimum atomic E-state index is -0.152. The Morgan fingerprint density at radius 2 is 1.79 bits per heavy atom. The molecule has 1 aliphatic heterocycles. The summed E-state index contributed by atoms with van der Waals surface area (Å²) in [6.07, 6.45) is 0.738. The lowest BCUT2D eigenvalue weighted by atomic mass is 10.00. The quantitative estimate of drug-likeness (QED) is 0.711. The van der Waals surface area contributed by atoms with Crippen LogP contribution in [0.2, 0.25) is 0 Å². The minimum Gasteiger partial charge on any atom is -0.454 e. The van der Waals surface area contributed by atoms with Gasteiger partial charge in [-0.3, -0.25) is 0 Å². The lowest BCUT2D eigenvalue weighted by molar-refractivity contribution is -0.163. The largest absolute Gasteiger partial charge is 0.454 e. The first-order valence-corrected chi connectivity index (χ1v) is 6.86. The lowest BCUT2D eigenvalue weighted by Crippen LogP contribution is -2.27. The van der Waals surface area contributed by atoms with E-state index in [1.807, 2.05) is 26.0 Å². The van der Waals surface area contributed by atoms with Gasteiger partial charge in [0.25, 0.3) is 0 Å². The summed E-state index contributed by atoms with van der Waals surface area (Å²) in [4.78, 5) is 0. The van der Waals surface area contributed by atoms with Gasteiger partial charge in [-0.25, -0.2) is 0 Å². The molecule has 0 saturated heterocycles. The molecular weight excluding hydrogens is 244 g/mol. The second-order valence-corrected chi connectivity index (χ2v) is 4.65. The molecule has 1 unspecified atom stereocenters. The van der Waals surface area contributed by atoms with E-state index in [0.29, 0.717) is 25.9 Å². The first-order chi connectivity index (χ1) is 9.24. The second-order valence-electron chi connectivity index (χ2n) is 4.65. The fourth-order valence-corrected chi connectivity index (χ4v) is 2.24. The molecule has 4 heteroatoms. The summed E-state index contributed by atoms with van der Waals surface area (Å²) < 4.78 is 22.0. The number of ether oxygens (including phenoxy) is 4. The smallest absolute Gasteiger partial charge is 0.231 e. The van der Waals surface area contributed by atoms with Crippen LogP contribution in [-0.2, 0) is 15.9 Å². The van der Waals surface area contributed by atoms with Crippen LogP contribution in [0.25, 0.3) is 0 Å². The highest BCUT2D eigenvalue weighted by atomic mass is 16.7. The van der Waals surface area contributed by atoms with Crippen LogP contribution in [0.3, 0.4) is 0 Å². The van der Waals surface area contributed by atoms with Crippen LogP contribution < -0.4 is 9.47 Å². The average Bonchev–Trinajstić information content (AvgIpc) is 2.86. The molecule has 0 amide bonds. The van der Waals surface area contributed by atoms with Gasteiger partial charge in [-0.2, -0.15) is 0 Å². The van der Waals surface area contributed by atoms with Crippen molar-refractivity contribution in [2.24, 2.45) is 5.92 Å². The first-order valence-electron chi connectivity index (χ1n) is 6.86. The van der Waals surface area contributed by atoms with Gasteiger partial charge in [-0.1, -0.05) is 13.0 Å². The molecule has 2 rings (SSSR count). The Hall–Kier alpha value is -1.26. The molecule has 1 atom stereocenters. The Balaban J connectivity index is 1.98. The van der Waals surface area contributed by atoms with Gasteiger partial charge >= 0.3 is 0 Å². The molecule has 0 aliphatic carbocycles. The van der Waals surface area contributed by atoms with E-state index < -0.39 is 0 Å². The topological polar surface area (TPSA) is 36.9 Å². The van der Waals surface area contributed by atoms with E-state index in [-0.39, 0.29) is 6.29 Å². The number of benzene rings is 1. The molecule has 1 aliphatic rings. The zero-order valence-corrected chi connectivity index (χ0v) is 11.8. The van der Waals surface area contributed by atoms with Crippen LogP contribution >= 0.6 is 0 Å². The Morgan fingerprint density at radius 3 is 2.47 bits per heavy atom. The predicted molar refractivity (Wildman–Crippen MR) is 72.5 cm³/mol. The van der Waals surface area contributed by atoms with Crippen molar-refractivity contribution in [3.05, 3.63) is 23.8 Å². The van der Waals surface area contributed by atoms with Gasteiger partial charge in [0.1, 0.15) is 0 Å². The molecule has 0 fully saturated rings. The van der Waals surface area contributed by atoms with Crippen molar-refractivity contribution in [2.75, 3.05) is 20.0 Å². The molecule has 106 valence electrons. The van der Waals surface area contributed by atoms with Crippen molar-refractivity contribution in [3.8, 4) is 11.5 Å². The van der Waals surface area contributed by atoms with E-state index in [0.717, 1.165) is 17.9 Å². The van der Waals surface area contributed by atoms with E-state index >= 15 is 0 Å². The molecule has 0 N–H and O–H groups in total. The lowest BCUT2D eigenvalue weighted by Gasteiger charge is -2.23. The van der Waals surface area contributed by atoms with Crippen LogP contribution in [-0.4, -0.2) is 26.3 Å². The molecule has 1 aromatic carbocycles. The summed E-state index contributed by atoms with van der Waals surface area (Å²) in [7, 11) is 0. The third-order valence-corrected chi connectivity index (χ3v) is 3.12. The third kappa shape index (κ3) is 3.61.